The molecule has 2 N–H and O–H groups in total. The highest BCUT2D eigenvalue weighted by Gasteiger charge is 2.31. The fourth-order valence-electron chi connectivity index (χ4n) is 3.47. The van der Waals surface area contributed by atoms with Crippen molar-refractivity contribution in [2.75, 3.05) is 13.1 Å². The van der Waals surface area contributed by atoms with Gasteiger partial charge in [-0.05, 0) is 17.7 Å². The van der Waals surface area contributed by atoms with Crippen LogP contribution < -0.4 is 16.6 Å². The van der Waals surface area contributed by atoms with Gasteiger partial charge >= 0.3 is 11.8 Å². The van der Waals surface area contributed by atoms with Gasteiger partial charge in [0.15, 0.2) is 0 Å². The van der Waals surface area contributed by atoms with Crippen molar-refractivity contribution < 1.29 is 14.3 Å². The third-order valence-corrected chi connectivity index (χ3v) is 5.21. The van der Waals surface area contributed by atoms with E-state index in [1.54, 1.807) is 29.2 Å². The SMILES string of the molecule is O=C(NC1CN(C(=O)CCn2c(=O)[nH]c3ccccc3c2=O)C1)OCc1ccccc1. The summed E-state index contributed by atoms with van der Waals surface area (Å²) >= 11 is 0. The van der Waals surface area contributed by atoms with Crippen LogP contribution in [0.5, 0.6) is 0 Å². The maximum absolute atomic E-state index is 12.5. The zero-order chi connectivity index (χ0) is 21.8. The molecule has 160 valence electrons. The van der Waals surface area contributed by atoms with Crippen molar-refractivity contribution in [3.05, 3.63) is 81.0 Å². The van der Waals surface area contributed by atoms with Crippen LogP contribution in [0, 0.1) is 0 Å². The lowest BCUT2D eigenvalue weighted by Crippen LogP contribution is -2.61. The Balaban J connectivity index is 1.24. The topological polar surface area (TPSA) is 113 Å². The number of benzene rings is 2. The first-order valence-electron chi connectivity index (χ1n) is 9.98. The molecule has 31 heavy (non-hydrogen) atoms. The Bertz CT molecular complexity index is 1210. The molecule has 3 aromatic rings. The van der Waals surface area contributed by atoms with Gasteiger partial charge in [0.2, 0.25) is 5.91 Å². The summed E-state index contributed by atoms with van der Waals surface area (Å²) in [4.78, 5) is 53.2. The van der Waals surface area contributed by atoms with Gasteiger partial charge in [-0.25, -0.2) is 9.59 Å². The largest absolute Gasteiger partial charge is 0.445 e. The number of hydrogen-bond acceptors (Lipinski definition) is 5. The molecule has 0 atom stereocenters. The van der Waals surface area contributed by atoms with Crippen molar-refractivity contribution in [1.29, 1.82) is 0 Å². The molecule has 9 heteroatoms. The number of H-pyrrole nitrogens is 1. The van der Waals surface area contributed by atoms with Gasteiger partial charge in [0.05, 0.1) is 16.9 Å². The molecule has 1 aliphatic rings. The van der Waals surface area contributed by atoms with Gasteiger partial charge in [-0.2, -0.15) is 0 Å². The average molecular weight is 422 g/mol. The molecule has 2 amide bonds. The normalized spacial score (nSPS) is 13.6. The summed E-state index contributed by atoms with van der Waals surface area (Å²) in [5.41, 5.74) is 0.398. The van der Waals surface area contributed by atoms with Crippen molar-refractivity contribution >= 4 is 22.9 Å². The van der Waals surface area contributed by atoms with E-state index in [1.165, 1.54) is 0 Å². The number of carbonyl (C=O) groups is 2. The minimum Gasteiger partial charge on any atom is -0.445 e. The molecule has 0 aliphatic carbocycles. The molecule has 1 saturated heterocycles. The molecule has 0 unspecified atom stereocenters. The van der Waals surface area contributed by atoms with Crippen molar-refractivity contribution in [2.45, 2.75) is 25.6 Å². The molecular weight excluding hydrogens is 400 g/mol. The molecule has 1 aliphatic heterocycles. The Labute approximate surface area is 177 Å². The van der Waals surface area contributed by atoms with Gasteiger partial charge in [-0.3, -0.25) is 14.2 Å². The molecule has 9 nitrogen and oxygen atoms in total. The van der Waals surface area contributed by atoms with E-state index in [0.29, 0.717) is 24.0 Å². The second-order valence-corrected chi connectivity index (χ2v) is 7.38. The van der Waals surface area contributed by atoms with E-state index in [4.69, 9.17) is 4.74 Å². The molecule has 2 heterocycles. The predicted octanol–water partition coefficient (Wildman–Crippen LogP) is 1.22. The molecule has 0 bridgehead atoms. The van der Waals surface area contributed by atoms with Crippen LogP contribution in [0.4, 0.5) is 4.79 Å². The van der Waals surface area contributed by atoms with Gasteiger partial charge in [-0.1, -0.05) is 42.5 Å². The van der Waals surface area contributed by atoms with E-state index in [2.05, 4.69) is 10.3 Å². The van der Waals surface area contributed by atoms with Crippen LogP contribution in [0.2, 0.25) is 0 Å². The van der Waals surface area contributed by atoms with Gasteiger partial charge in [0.1, 0.15) is 6.61 Å². The number of nitrogens with one attached hydrogen (secondary N) is 2. The number of carbonyl (C=O) groups excluding carboxylic acids is 2. The van der Waals surface area contributed by atoms with E-state index >= 15 is 0 Å². The maximum Gasteiger partial charge on any atom is 0.407 e. The zero-order valence-electron chi connectivity index (χ0n) is 16.7. The number of para-hydroxylation sites is 1. The first-order chi connectivity index (χ1) is 15.0. The first kappa shape index (κ1) is 20.4. The molecular formula is C22H22N4O5. The van der Waals surface area contributed by atoms with Crippen molar-refractivity contribution in [1.82, 2.24) is 19.8 Å². The molecule has 4 rings (SSSR count). The molecule has 0 spiro atoms. The summed E-state index contributed by atoms with van der Waals surface area (Å²) in [5.74, 6) is -0.185. The molecule has 0 radical (unpaired) electrons. The second kappa shape index (κ2) is 8.86. The second-order valence-electron chi connectivity index (χ2n) is 7.38. The van der Waals surface area contributed by atoms with Crippen molar-refractivity contribution in [2.24, 2.45) is 0 Å². The number of rotatable bonds is 6. The number of hydrogen-bond donors (Lipinski definition) is 2. The highest BCUT2D eigenvalue weighted by Crippen LogP contribution is 2.11. The lowest BCUT2D eigenvalue weighted by molar-refractivity contribution is -0.136. The highest BCUT2D eigenvalue weighted by molar-refractivity contribution is 5.78. The lowest BCUT2D eigenvalue weighted by atomic mass is 10.1. The molecule has 2 aromatic carbocycles. The van der Waals surface area contributed by atoms with Crippen LogP contribution in [-0.2, 0) is 22.7 Å². The number of amides is 2. The lowest BCUT2D eigenvalue weighted by Gasteiger charge is -2.39. The quantitative estimate of drug-likeness (QED) is 0.620. The number of aromatic nitrogens is 2. The molecule has 1 aromatic heterocycles. The van der Waals surface area contributed by atoms with Gasteiger partial charge in [0, 0.05) is 26.1 Å². The third-order valence-electron chi connectivity index (χ3n) is 5.21. The summed E-state index contributed by atoms with van der Waals surface area (Å²) in [7, 11) is 0. The first-order valence-corrected chi connectivity index (χ1v) is 9.98. The van der Waals surface area contributed by atoms with Gasteiger partial charge < -0.3 is 19.9 Å². The zero-order valence-corrected chi connectivity index (χ0v) is 16.7. The van der Waals surface area contributed by atoms with Crippen LogP contribution in [-0.4, -0.2) is 45.6 Å². The van der Waals surface area contributed by atoms with E-state index in [1.807, 2.05) is 30.3 Å². The summed E-state index contributed by atoms with van der Waals surface area (Å²) in [5, 5.41) is 3.12. The predicted molar refractivity (Wildman–Crippen MR) is 114 cm³/mol. The Morgan fingerprint density at radius 2 is 1.74 bits per heavy atom. The number of alkyl carbamates (subject to hydrolysis) is 1. The molecule has 0 saturated carbocycles. The van der Waals surface area contributed by atoms with E-state index in [0.717, 1.165) is 10.1 Å². The van der Waals surface area contributed by atoms with Gasteiger partial charge in [0.25, 0.3) is 5.56 Å². The monoisotopic (exact) mass is 422 g/mol. The Morgan fingerprint density at radius 3 is 2.52 bits per heavy atom. The Morgan fingerprint density at radius 1 is 1.03 bits per heavy atom. The summed E-state index contributed by atoms with van der Waals surface area (Å²) in [6, 6.07) is 15.9. The number of nitrogens with zero attached hydrogens (tertiary/aromatic N) is 2. The van der Waals surface area contributed by atoms with E-state index in [-0.39, 0.29) is 31.5 Å². The summed E-state index contributed by atoms with van der Waals surface area (Å²) < 4.78 is 6.21. The van der Waals surface area contributed by atoms with E-state index in [9.17, 15) is 19.2 Å². The fraction of sp³-hybridized carbons (Fsp3) is 0.273. The van der Waals surface area contributed by atoms with Crippen LogP contribution in [0.15, 0.2) is 64.2 Å². The minimum absolute atomic E-state index is 0.00839. The van der Waals surface area contributed by atoms with Crippen LogP contribution in [0.1, 0.15) is 12.0 Å². The number of likely N-dealkylation sites (tertiary alicyclic amines) is 1. The highest BCUT2D eigenvalue weighted by atomic mass is 16.5. The smallest absolute Gasteiger partial charge is 0.407 e. The van der Waals surface area contributed by atoms with Gasteiger partial charge in [-0.15, -0.1) is 0 Å². The third kappa shape index (κ3) is 4.66. The summed E-state index contributed by atoms with van der Waals surface area (Å²) in [6.45, 7) is 0.896. The minimum atomic E-state index is -0.541. The van der Waals surface area contributed by atoms with Crippen LogP contribution >= 0.6 is 0 Å². The Kier molecular flexibility index (Phi) is 5.83. The summed E-state index contributed by atoms with van der Waals surface area (Å²) in [6.07, 6.45) is -0.512. The molecule has 1 fully saturated rings. The van der Waals surface area contributed by atoms with Crippen LogP contribution in [0.25, 0.3) is 10.9 Å². The number of ether oxygens (including phenoxy) is 1. The van der Waals surface area contributed by atoms with E-state index < -0.39 is 17.3 Å². The number of fused-ring (bicyclic) bond motifs is 1. The fourth-order valence-corrected chi connectivity index (χ4v) is 3.47. The van der Waals surface area contributed by atoms with Crippen molar-refractivity contribution in [3.63, 3.8) is 0 Å². The van der Waals surface area contributed by atoms with Crippen LogP contribution in [0.3, 0.4) is 0 Å². The average Bonchev–Trinajstić information content (AvgIpc) is 2.75. The standard InChI is InChI=1S/C22H22N4O5/c27-19(10-11-26-20(28)17-8-4-5-9-18(17)24-21(26)29)25-12-16(13-25)23-22(30)31-14-15-6-2-1-3-7-15/h1-9,16H,10-14H2,(H,23,30)(H,24,29). The maximum atomic E-state index is 12.5. The Hall–Kier alpha value is -3.88. The number of aromatic amines is 1. The van der Waals surface area contributed by atoms with Crippen molar-refractivity contribution in [3.8, 4) is 0 Å².